The lowest BCUT2D eigenvalue weighted by Gasteiger charge is -2.61. The third-order valence-electron chi connectivity index (χ3n) is 15.3. The van der Waals surface area contributed by atoms with Crippen LogP contribution in [0.1, 0.15) is 109 Å². The van der Waals surface area contributed by atoms with Gasteiger partial charge in [-0.3, -0.25) is 33.6 Å². The van der Waals surface area contributed by atoms with Crippen LogP contribution in [0, 0.1) is 57.2 Å². The number of methoxy groups -OCH3 is 2. The second-order valence-electron chi connectivity index (χ2n) is 18.5. The molecule has 6 aliphatic rings. The van der Waals surface area contributed by atoms with Gasteiger partial charge in [0.25, 0.3) is 0 Å². The van der Waals surface area contributed by atoms with Gasteiger partial charge in [-0.25, -0.2) is 0 Å². The maximum atomic E-state index is 13.7. The van der Waals surface area contributed by atoms with Gasteiger partial charge in [0.05, 0.1) is 62.9 Å². The van der Waals surface area contributed by atoms with Crippen LogP contribution < -0.4 is 0 Å². The van der Waals surface area contributed by atoms with Crippen molar-refractivity contribution < 1.29 is 71.2 Å². The molecule has 2 aromatic rings. The van der Waals surface area contributed by atoms with Crippen molar-refractivity contribution in [3.05, 3.63) is 48.3 Å². The summed E-state index contributed by atoms with van der Waals surface area (Å²) in [5, 5.41) is 10.5. The molecule has 0 bridgehead atoms. The van der Waals surface area contributed by atoms with Crippen molar-refractivity contribution in [3.8, 4) is 0 Å². The Morgan fingerprint density at radius 2 is 1.12 bits per heavy atom. The van der Waals surface area contributed by atoms with E-state index in [9.17, 15) is 38.7 Å². The van der Waals surface area contributed by atoms with Gasteiger partial charge in [0.15, 0.2) is 17.7 Å². The highest BCUT2D eigenvalue weighted by Crippen LogP contribution is 2.66. The minimum atomic E-state index is -1.23. The largest absolute Gasteiger partial charge is 0.472 e. The van der Waals surface area contributed by atoms with E-state index < -0.39 is 99.5 Å². The highest BCUT2D eigenvalue weighted by Gasteiger charge is 2.69. The Morgan fingerprint density at radius 3 is 1.53 bits per heavy atom. The van der Waals surface area contributed by atoms with E-state index in [1.807, 2.05) is 27.7 Å². The van der Waals surface area contributed by atoms with E-state index in [-0.39, 0.29) is 36.3 Å². The summed E-state index contributed by atoms with van der Waals surface area (Å²) in [5.41, 5.74) is -1.42. The standard InChI is InChI=1S/C23H28O8.C21H26O7/c1-12(24)30-16-9-15(20(26)28-4)22(2)7-5-14-21(27)31-17(13-6-8-29-11-13)10-23(14,3)19(22)18(16)25;1-20-6-4-12-19(25)28-15(11-5-7-27-10-11)9-21(12,2)17(20)16(23)14(22)8-13(20)18(24)26-3/h6,8,11,14-17,19H,5,7,9-10H2,1-4H3;5,7,10,12-15,17,22H,4,6,8-9H2,1-3H3/t14-,15-,16-,17-,19-,22-,23-;12-,13-,14-,15-,17-,20-,21-/m00/s1. The molecule has 4 saturated carbocycles. The maximum absolute atomic E-state index is 13.7. The Balaban J connectivity index is 0.000000180. The number of esters is 5. The van der Waals surface area contributed by atoms with Crippen LogP contribution in [0.25, 0.3) is 0 Å². The zero-order valence-corrected chi connectivity index (χ0v) is 34.6. The Hall–Kier alpha value is -4.79. The number of rotatable bonds is 5. The van der Waals surface area contributed by atoms with Gasteiger partial charge >= 0.3 is 29.8 Å². The van der Waals surface area contributed by atoms with Crippen LogP contribution in [0.5, 0.6) is 0 Å². The Kier molecular flexibility index (Phi) is 11.0. The molecular weight excluding hydrogens is 768 g/mol. The molecule has 0 unspecified atom stereocenters. The molecule has 320 valence electrons. The first-order valence-electron chi connectivity index (χ1n) is 20.4. The molecule has 0 spiro atoms. The molecule has 0 amide bonds. The molecule has 1 N–H and O–H groups in total. The number of Topliss-reactive ketones (excluding diaryl/α,β-unsaturated/α-hetero) is 2. The molecule has 2 saturated heterocycles. The monoisotopic (exact) mass is 822 g/mol. The fourth-order valence-corrected chi connectivity index (χ4v) is 12.6. The van der Waals surface area contributed by atoms with Crippen molar-refractivity contribution in [2.24, 2.45) is 57.2 Å². The van der Waals surface area contributed by atoms with Gasteiger partial charge in [0.2, 0.25) is 0 Å². The highest BCUT2D eigenvalue weighted by atomic mass is 16.6. The normalized spacial score (nSPS) is 41.2. The summed E-state index contributed by atoms with van der Waals surface area (Å²) in [6.45, 7) is 8.95. The number of hydrogen-bond acceptors (Lipinski definition) is 15. The number of hydrogen-bond donors (Lipinski definition) is 1. The molecule has 0 radical (unpaired) electrons. The fraction of sp³-hybridized carbons (Fsp3) is 0.659. The van der Waals surface area contributed by atoms with Crippen molar-refractivity contribution in [1.82, 2.24) is 0 Å². The van der Waals surface area contributed by atoms with Gasteiger partial charge in [-0.1, -0.05) is 27.7 Å². The van der Waals surface area contributed by atoms with E-state index in [1.165, 1.54) is 39.9 Å². The molecule has 2 aliphatic heterocycles. The number of ketones is 2. The summed E-state index contributed by atoms with van der Waals surface area (Å²) in [6, 6.07) is 3.49. The Bertz CT molecular complexity index is 1990. The molecule has 4 aliphatic carbocycles. The minimum Gasteiger partial charge on any atom is -0.472 e. The molecule has 15 heteroatoms. The van der Waals surface area contributed by atoms with Crippen molar-refractivity contribution in [2.45, 2.75) is 110 Å². The van der Waals surface area contributed by atoms with E-state index >= 15 is 0 Å². The van der Waals surface area contributed by atoms with Crippen molar-refractivity contribution in [3.63, 3.8) is 0 Å². The van der Waals surface area contributed by atoms with Gasteiger partial charge in [-0.2, -0.15) is 0 Å². The van der Waals surface area contributed by atoms with Crippen LogP contribution in [0.2, 0.25) is 0 Å². The van der Waals surface area contributed by atoms with Gasteiger partial charge in [0, 0.05) is 36.3 Å². The first-order chi connectivity index (χ1) is 27.8. The first kappa shape index (κ1) is 42.3. The lowest BCUT2D eigenvalue weighted by molar-refractivity contribution is -0.211. The lowest BCUT2D eigenvalue weighted by atomic mass is 9.43. The average Bonchev–Trinajstić information content (AvgIpc) is 3.92. The second-order valence-corrected chi connectivity index (χ2v) is 18.5. The molecule has 6 fully saturated rings. The van der Waals surface area contributed by atoms with Gasteiger partial charge in [-0.05, 0) is 78.7 Å². The minimum absolute atomic E-state index is 0.0643. The molecule has 59 heavy (non-hydrogen) atoms. The number of carbonyl (C=O) groups excluding carboxylic acids is 7. The second kappa shape index (κ2) is 15.3. The predicted molar refractivity (Wildman–Crippen MR) is 201 cm³/mol. The number of ether oxygens (including phenoxy) is 5. The number of furan rings is 2. The van der Waals surface area contributed by atoms with E-state index in [2.05, 4.69) is 0 Å². The predicted octanol–water partition coefficient (Wildman–Crippen LogP) is 5.43. The summed E-state index contributed by atoms with van der Waals surface area (Å²) in [6.07, 6.45) is 5.86. The Labute approximate surface area is 342 Å². The summed E-state index contributed by atoms with van der Waals surface area (Å²) in [4.78, 5) is 89.8. The van der Waals surface area contributed by atoms with Crippen molar-refractivity contribution >= 4 is 41.4 Å². The van der Waals surface area contributed by atoms with Crippen LogP contribution >= 0.6 is 0 Å². The van der Waals surface area contributed by atoms with Crippen LogP contribution in [0.3, 0.4) is 0 Å². The zero-order valence-electron chi connectivity index (χ0n) is 34.6. The molecule has 4 heterocycles. The maximum Gasteiger partial charge on any atom is 0.310 e. The molecular formula is C44H54O15. The van der Waals surface area contributed by atoms with Crippen LogP contribution in [0.4, 0.5) is 0 Å². The fourth-order valence-electron chi connectivity index (χ4n) is 12.6. The Morgan fingerprint density at radius 1 is 0.678 bits per heavy atom. The number of aliphatic hydroxyl groups excluding tert-OH is 1. The van der Waals surface area contributed by atoms with E-state index in [0.29, 0.717) is 38.5 Å². The number of cyclic esters (lactones) is 2. The summed E-state index contributed by atoms with van der Waals surface area (Å²) in [5.74, 6) is -6.03. The van der Waals surface area contributed by atoms with Gasteiger partial charge in [-0.15, -0.1) is 0 Å². The van der Waals surface area contributed by atoms with E-state index in [0.717, 1.165) is 11.1 Å². The van der Waals surface area contributed by atoms with Gasteiger partial charge in [0.1, 0.15) is 18.3 Å². The molecule has 15 nitrogen and oxygen atoms in total. The van der Waals surface area contributed by atoms with Crippen LogP contribution in [-0.2, 0) is 57.2 Å². The summed E-state index contributed by atoms with van der Waals surface area (Å²) >= 11 is 0. The topological polar surface area (TPSA) is 212 Å². The molecule has 8 rings (SSSR count). The number of fused-ring (bicyclic) bond motifs is 6. The van der Waals surface area contributed by atoms with E-state index in [1.54, 1.807) is 18.4 Å². The smallest absolute Gasteiger partial charge is 0.310 e. The van der Waals surface area contributed by atoms with Gasteiger partial charge < -0.3 is 37.6 Å². The van der Waals surface area contributed by atoms with E-state index in [4.69, 9.17) is 32.5 Å². The molecule has 0 aromatic carbocycles. The summed E-state index contributed by atoms with van der Waals surface area (Å²) < 4.78 is 37.1. The van der Waals surface area contributed by atoms with Crippen LogP contribution in [0.15, 0.2) is 46.0 Å². The van der Waals surface area contributed by atoms with Crippen LogP contribution in [-0.4, -0.2) is 72.9 Å². The zero-order chi connectivity index (χ0) is 42.8. The summed E-state index contributed by atoms with van der Waals surface area (Å²) in [7, 11) is 2.64. The first-order valence-corrected chi connectivity index (χ1v) is 20.4. The lowest BCUT2D eigenvalue weighted by Crippen LogP contribution is -2.64. The van der Waals surface area contributed by atoms with Crippen molar-refractivity contribution in [1.29, 1.82) is 0 Å². The third-order valence-corrected chi connectivity index (χ3v) is 15.3. The molecule has 14 atom stereocenters. The number of aliphatic hydroxyl groups is 1. The highest BCUT2D eigenvalue weighted by molar-refractivity contribution is 5.93. The number of carbonyl (C=O) groups is 7. The average molecular weight is 823 g/mol. The van der Waals surface area contributed by atoms with Crippen molar-refractivity contribution in [2.75, 3.05) is 14.2 Å². The quantitative estimate of drug-likeness (QED) is 0.294. The third kappa shape index (κ3) is 6.80. The SMILES string of the molecule is COC(=O)[C@@H]1C[C@H](O)C(=O)[C@H]2[C@@]1(C)CC[C@H]1C(=O)O[C@H](c3ccoc3)C[C@]21C.COC(=O)[C@@H]1C[C@H](OC(C)=O)C(=O)[C@H]2[C@@]1(C)CC[C@H]1C(=O)O[C@H](c3ccoc3)C[C@]21C. The molecule has 2 aromatic heterocycles.